The van der Waals surface area contributed by atoms with Crippen molar-refractivity contribution in [1.82, 2.24) is 15.0 Å². The van der Waals surface area contributed by atoms with Crippen molar-refractivity contribution in [1.29, 1.82) is 0 Å². The molecule has 0 unspecified atom stereocenters. The largest absolute Gasteiger partial charge is 0.349 e. The second-order valence-electron chi connectivity index (χ2n) is 4.03. The number of benzene rings is 1. The van der Waals surface area contributed by atoms with Gasteiger partial charge in [-0.3, -0.25) is 4.98 Å². The van der Waals surface area contributed by atoms with Crippen LogP contribution in [0, 0.1) is 6.92 Å². The van der Waals surface area contributed by atoms with Crippen LogP contribution in [0.25, 0.3) is 10.9 Å². The first kappa shape index (κ1) is 12.3. The smallest absolute Gasteiger partial charge is 0.103 e. The average molecular weight is 239 g/mol. The number of pyridine rings is 1. The van der Waals surface area contributed by atoms with E-state index in [0.717, 1.165) is 23.5 Å². The molecule has 3 rings (SSSR count). The van der Waals surface area contributed by atoms with Crippen LogP contribution in [0.5, 0.6) is 0 Å². The zero-order valence-corrected chi connectivity index (χ0v) is 10.7. The van der Waals surface area contributed by atoms with Crippen molar-refractivity contribution in [3.8, 4) is 0 Å². The molecule has 92 valence electrons. The molecule has 2 aromatic heterocycles. The fourth-order valence-corrected chi connectivity index (χ4v) is 1.66. The van der Waals surface area contributed by atoms with Crippen LogP contribution in [0.2, 0.25) is 0 Å². The Kier molecular flexibility index (Phi) is 4.07. The second-order valence-corrected chi connectivity index (χ2v) is 4.03. The summed E-state index contributed by atoms with van der Waals surface area (Å²) in [6.07, 6.45) is 4.77. The predicted molar refractivity (Wildman–Crippen MR) is 74.4 cm³/mol. The number of H-pyrrole nitrogens is 1. The summed E-state index contributed by atoms with van der Waals surface area (Å²) in [6.45, 7) is 4.05. The molecule has 1 aromatic carbocycles. The SMILES string of the molecule is CCc1c[nH]c(C)n1.c1ccc2ncccc2c1. The molecule has 3 aromatic rings. The molecule has 2 heterocycles. The van der Waals surface area contributed by atoms with Gasteiger partial charge in [-0.2, -0.15) is 0 Å². The van der Waals surface area contributed by atoms with E-state index in [1.165, 1.54) is 5.39 Å². The Morgan fingerprint density at radius 2 is 1.89 bits per heavy atom. The molecule has 3 nitrogen and oxygen atoms in total. The Balaban J connectivity index is 0.000000138. The molecule has 3 heteroatoms. The fourth-order valence-electron chi connectivity index (χ4n) is 1.66. The molecule has 0 saturated heterocycles. The Morgan fingerprint density at radius 3 is 2.50 bits per heavy atom. The predicted octanol–water partition coefficient (Wildman–Crippen LogP) is 3.52. The summed E-state index contributed by atoms with van der Waals surface area (Å²) < 4.78 is 0. The number of hydrogen-bond donors (Lipinski definition) is 1. The van der Waals surface area contributed by atoms with E-state index < -0.39 is 0 Å². The summed E-state index contributed by atoms with van der Waals surface area (Å²) in [5.41, 5.74) is 2.20. The lowest BCUT2D eigenvalue weighted by Crippen LogP contribution is -1.76. The van der Waals surface area contributed by atoms with Crippen molar-refractivity contribution in [2.45, 2.75) is 20.3 Å². The first-order chi connectivity index (χ1) is 8.79. The summed E-state index contributed by atoms with van der Waals surface area (Å²) in [6, 6.07) is 12.1. The molecule has 18 heavy (non-hydrogen) atoms. The first-order valence-corrected chi connectivity index (χ1v) is 6.10. The third-order valence-corrected chi connectivity index (χ3v) is 2.63. The average Bonchev–Trinajstić information content (AvgIpc) is 2.86. The zero-order valence-electron chi connectivity index (χ0n) is 10.7. The summed E-state index contributed by atoms with van der Waals surface area (Å²) >= 11 is 0. The Bertz CT molecular complexity index is 548. The highest BCUT2D eigenvalue weighted by Crippen LogP contribution is 2.07. The van der Waals surface area contributed by atoms with Gasteiger partial charge in [0.05, 0.1) is 11.2 Å². The minimum absolute atomic E-state index is 1.00. The van der Waals surface area contributed by atoms with Crippen molar-refractivity contribution >= 4 is 10.9 Å². The van der Waals surface area contributed by atoms with E-state index in [1.807, 2.05) is 43.6 Å². The van der Waals surface area contributed by atoms with Gasteiger partial charge < -0.3 is 4.98 Å². The van der Waals surface area contributed by atoms with Crippen LogP contribution in [0.4, 0.5) is 0 Å². The number of hydrogen-bond acceptors (Lipinski definition) is 2. The van der Waals surface area contributed by atoms with Gasteiger partial charge >= 0.3 is 0 Å². The van der Waals surface area contributed by atoms with Gasteiger partial charge in [-0.1, -0.05) is 31.2 Å². The Labute approximate surface area is 107 Å². The van der Waals surface area contributed by atoms with Gasteiger partial charge in [0.25, 0.3) is 0 Å². The van der Waals surface area contributed by atoms with Gasteiger partial charge in [0.15, 0.2) is 0 Å². The van der Waals surface area contributed by atoms with E-state index in [4.69, 9.17) is 0 Å². The monoisotopic (exact) mass is 239 g/mol. The van der Waals surface area contributed by atoms with Gasteiger partial charge in [-0.15, -0.1) is 0 Å². The van der Waals surface area contributed by atoms with Crippen molar-refractivity contribution in [2.75, 3.05) is 0 Å². The van der Waals surface area contributed by atoms with Crippen LogP contribution in [0.1, 0.15) is 18.4 Å². The van der Waals surface area contributed by atoms with Crippen molar-refractivity contribution < 1.29 is 0 Å². The van der Waals surface area contributed by atoms with Gasteiger partial charge in [0.1, 0.15) is 5.82 Å². The van der Waals surface area contributed by atoms with Crippen LogP contribution in [0.3, 0.4) is 0 Å². The summed E-state index contributed by atoms with van der Waals surface area (Å²) in [4.78, 5) is 11.4. The highest BCUT2D eigenvalue weighted by atomic mass is 14.9. The molecule has 0 radical (unpaired) electrons. The standard InChI is InChI=1S/C9H7N.C6H10N2/c1-2-6-9-8(4-1)5-3-7-10-9;1-3-6-4-7-5(2)8-6/h1-7H;4H,3H2,1-2H3,(H,7,8). The third kappa shape index (κ3) is 3.17. The second kappa shape index (κ2) is 5.96. The lowest BCUT2D eigenvalue weighted by Gasteiger charge is -1.91. The van der Waals surface area contributed by atoms with Crippen LogP contribution in [-0.4, -0.2) is 15.0 Å². The van der Waals surface area contributed by atoms with Gasteiger partial charge in [-0.05, 0) is 25.5 Å². The molecular formula is C15H17N3. The molecule has 0 aliphatic heterocycles. The molecule has 0 aliphatic rings. The van der Waals surface area contributed by atoms with E-state index in [2.05, 4.69) is 34.0 Å². The normalized spacial score (nSPS) is 9.89. The number of nitrogens with zero attached hydrogens (tertiary/aromatic N) is 2. The van der Waals surface area contributed by atoms with Gasteiger partial charge in [0.2, 0.25) is 0 Å². The highest BCUT2D eigenvalue weighted by Gasteiger charge is 1.90. The highest BCUT2D eigenvalue weighted by molar-refractivity contribution is 5.77. The quantitative estimate of drug-likeness (QED) is 0.706. The van der Waals surface area contributed by atoms with Crippen LogP contribution in [-0.2, 0) is 6.42 Å². The van der Waals surface area contributed by atoms with Crippen LogP contribution < -0.4 is 0 Å². The van der Waals surface area contributed by atoms with E-state index in [1.54, 1.807) is 0 Å². The lowest BCUT2D eigenvalue weighted by molar-refractivity contribution is 1.04. The topological polar surface area (TPSA) is 41.6 Å². The molecule has 0 aliphatic carbocycles. The van der Waals surface area contributed by atoms with Gasteiger partial charge in [0, 0.05) is 17.8 Å². The van der Waals surface area contributed by atoms with E-state index in [-0.39, 0.29) is 0 Å². The zero-order chi connectivity index (χ0) is 12.8. The number of aromatic nitrogens is 3. The van der Waals surface area contributed by atoms with E-state index in [0.29, 0.717) is 0 Å². The number of fused-ring (bicyclic) bond motifs is 1. The molecular weight excluding hydrogens is 222 g/mol. The van der Waals surface area contributed by atoms with Crippen molar-refractivity contribution in [3.05, 3.63) is 60.3 Å². The maximum absolute atomic E-state index is 4.18. The number of imidazole rings is 1. The minimum atomic E-state index is 1.00. The number of para-hydroxylation sites is 1. The molecule has 0 spiro atoms. The van der Waals surface area contributed by atoms with E-state index >= 15 is 0 Å². The van der Waals surface area contributed by atoms with Crippen molar-refractivity contribution in [2.24, 2.45) is 0 Å². The molecule has 0 amide bonds. The summed E-state index contributed by atoms with van der Waals surface area (Å²) in [7, 11) is 0. The Morgan fingerprint density at radius 1 is 1.11 bits per heavy atom. The van der Waals surface area contributed by atoms with Crippen LogP contribution >= 0.6 is 0 Å². The first-order valence-electron chi connectivity index (χ1n) is 6.10. The molecule has 1 N–H and O–H groups in total. The molecule has 0 saturated carbocycles. The number of nitrogens with one attached hydrogen (secondary N) is 1. The molecule has 0 atom stereocenters. The molecule has 0 bridgehead atoms. The Hall–Kier alpha value is -2.16. The molecule has 0 fully saturated rings. The maximum atomic E-state index is 4.18. The number of rotatable bonds is 1. The van der Waals surface area contributed by atoms with Gasteiger partial charge in [-0.25, -0.2) is 4.98 Å². The third-order valence-electron chi connectivity index (χ3n) is 2.63. The number of aromatic amines is 1. The maximum Gasteiger partial charge on any atom is 0.103 e. The summed E-state index contributed by atoms with van der Waals surface area (Å²) in [5, 5.41) is 1.20. The number of aryl methyl sites for hydroxylation is 2. The summed E-state index contributed by atoms with van der Waals surface area (Å²) in [5.74, 6) is 1.00. The van der Waals surface area contributed by atoms with E-state index in [9.17, 15) is 0 Å². The lowest BCUT2D eigenvalue weighted by atomic mass is 10.2. The minimum Gasteiger partial charge on any atom is -0.349 e. The van der Waals surface area contributed by atoms with Crippen molar-refractivity contribution in [3.63, 3.8) is 0 Å². The fraction of sp³-hybridized carbons (Fsp3) is 0.200. The van der Waals surface area contributed by atoms with Crippen LogP contribution in [0.15, 0.2) is 48.8 Å².